The van der Waals surface area contributed by atoms with E-state index in [9.17, 15) is 5.11 Å². The molecule has 0 saturated heterocycles. The third-order valence-electron chi connectivity index (χ3n) is 3.47. The first kappa shape index (κ1) is 13.2. The number of aliphatic hydroxyl groups is 1. The van der Waals surface area contributed by atoms with Crippen LogP contribution in [0.1, 0.15) is 39.2 Å². The molecule has 90 valence electrons. The molecule has 0 heterocycles. The molecular formula is C15H24O. The Hall–Kier alpha value is -0.820. The van der Waals surface area contributed by atoms with E-state index in [4.69, 9.17) is 0 Å². The monoisotopic (exact) mass is 220 g/mol. The number of aliphatic hydroxyl groups excluding tert-OH is 1. The second kappa shape index (κ2) is 6.70. The highest BCUT2D eigenvalue weighted by Crippen LogP contribution is 2.18. The van der Waals surface area contributed by atoms with E-state index >= 15 is 0 Å². The first-order valence-electron chi connectivity index (χ1n) is 6.33. The van der Waals surface area contributed by atoms with Crippen LogP contribution in [-0.4, -0.2) is 11.2 Å². The molecule has 1 aromatic rings. The van der Waals surface area contributed by atoms with Crippen LogP contribution < -0.4 is 0 Å². The molecule has 1 rings (SSSR count). The molecule has 0 saturated carbocycles. The summed E-state index contributed by atoms with van der Waals surface area (Å²) in [4.78, 5) is 0. The molecule has 0 spiro atoms. The van der Waals surface area contributed by atoms with Crippen LogP contribution in [-0.2, 0) is 6.42 Å². The third-order valence-corrected chi connectivity index (χ3v) is 3.47. The van der Waals surface area contributed by atoms with E-state index in [2.05, 4.69) is 45.0 Å². The molecular weight excluding hydrogens is 196 g/mol. The summed E-state index contributed by atoms with van der Waals surface area (Å²) in [7, 11) is 0. The number of hydrogen-bond donors (Lipinski definition) is 1. The largest absolute Gasteiger partial charge is 0.393 e. The smallest absolute Gasteiger partial charge is 0.0568 e. The molecule has 2 unspecified atom stereocenters. The molecule has 1 aromatic carbocycles. The minimum atomic E-state index is -0.149. The predicted molar refractivity (Wildman–Crippen MR) is 69.4 cm³/mol. The van der Waals surface area contributed by atoms with Crippen molar-refractivity contribution in [1.82, 2.24) is 0 Å². The molecule has 1 heteroatoms. The molecule has 0 amide bonds. The Morgan fingerprint density at radius 1 is 1.06 bits per heavy atom. The maximum absolute atomic E-state index is 9.97. The molecule has 0 aliphatic heterocycles. The van der Waals surface area contributed by atoms with Gasteiger partial charge in [0.2, 0.25) is 0 Å². The van der Waals surface area contributed by atoms with E-state index in [1.165, 1.54) is 5.56 Å². The molecule has 0 aromatic heterocycles. The fourth-order valence-electron chi connectivity index (χ4n) is 1.87. The van der Waals surface area contributed by atoms with Crippen LogP contribution in [0.3, 0.4) is 0 Å². The molecule has 16 heavy (non-hydrogen) atoms. The second-order valence-electron chi connectivity index (χ2n) is 5.05. The maximum atomic E-state index is 9.97. The first-order valence-corrected chi connectivity index (χ1v) is 6.33. The molecule has 0 aliphatic rings. The van der Waals surface area contributed by atoms with E-state index in [-0.39, 0.29) is 6.10 Å². The van der Waals surface area contributed by atoms with Gasteiger partial charge in [0, 0.05) is 0 Å². The van der Waals surface area contributed by atoms with Crippen LogP contribution in [0.5, 0.6) is 0 Å². The van der Waals surface area contributed by atoms with Gasteiger partial charge >= 0.3 is 0 Å². The molecule has 0 fully saturated rings. The highest BCUT2D eigenvalue weighted by atomic mass is 16.3. The van der Waals surface area contributed by atoms with E-state index in [1.807, 2.05) is 6.07 Å². The van der Waals surface area contributed by atoms with Crippen LogP contribution in [0, 0.1) is 11.8 Å². The van der Waals surface area contributed by atoms with Gasteiger partial charge in [0.05, 0.1) is 6.10 Å². The lowest BCUT2D eigenvalue weighted by atomic mass is 9.89. The van der Waals surface area contributed by atoms with Gasteiger partial charge in [-0.25, -0.2) is 0 Å². The first-order chi connectivity index (χ1) is 7.61. The van der Waals surface area contributed by atoms with Crippen molar-refractivity contribution < 1.29 is 5.11 Å². The number of hydrogen-bond acceptors (Lipinski definition) is 1. The third kappa shape index (κ3) is 4.36. The highest BCUT2D eigenvalue weighted by molar-refractivity contribution is 5.14. The van der Waals surface area contributed by atoms with E-state index in [1.54, 1.807) is 0 Å². The Labute approximate surface area is 99.5 Å². The van der Waals surface area contributed by atoms with Gasteiger partial charge in [0.15, 0.2) is 0 Å². The van der Waals surface area contributed by atoms with Crippen molar-refractivity contribution >= 4 is 0 Å². The zero-order chi connectivity index (χ0) is 12.0. The quantitative estimate of drug-likeness (QED) is 0.775. The van der Waals surface area contributed by atoms with Crippen molar-refractivity contribution in [3.63, 3.8) is 0 Å². The van der Waals surface area contributed by atoms with E-state index < -0.39 is 0 Å². The SMILES string of the molecule is CC(C)C(C)C(O)CCCc1ccccc1. The maximum Gasteiger partial charge on any atom is 0.0568 e. The van der Waals surface area contributed by atoms with Gasteiger partial charge in [0.25, 0.3) is 0 Å². The van der Waals surface area contributed by atoms with E-state index in [0.717, 1.165) is 19.3 Å². The minimum absolute atomic E-state index is 0.149. The van der Waals surface area contributed by atoms with Crippen LogP contribution in [0.2, 0.25) is 0 Å². The average molecular weight is 220 g/mol. The predicted octanol–water partition coefficient (Wildman–Crippen LogP) is 3.66. The Bertz CT molecular complexity index is 279. The van der Waals surface area contributed by atoms with Crippen LogP contribution in [0.4, 0.5) is 0 Å². The van der Waals surface area contributed by atoms with Crippen molar-refractivity contribution in [2.75, 3.05) is 0 Å². The molecule has 0 aliphatic carbocycles. The van der Waals surface area contributed by atoms with Gasteiger partial charge < -0.3 is 5.11 Å². The van der Waals surface area contributed by atoms with Gasteiger partial charge in [-0.2, -0.15) is 0 Å². The zero-order valence-corrected chi connectivity index (χ0v) is 10.7. The fraction of sp³-hybridized carbons (Fsp3) is 0.600. The molecule has 0 radical (unpaired) electrons. The van der Waals surface area contributed by atoms with Gasteiger partial charge in [-0.15, -0.1) is 0 Å². The van der Waals surface area contributed by atoms with Gasteiger partial charge in [-0.1, -0.05) is 51.1 Å². The lowest BCUT2D eigenvalue weighted by molar-refractivity contribution is 0.0821. The minimum Gasteiger partial charge on any atom is -0.393 e. The standard InChI is InChI=1S/C15H24O/c1-12(2)13(3)15(16)11-7-10-14-8-5-4-6-9-14/h4-6,8-9,12-13,15-16H,7,10-11H2,1-3H3. The summed E-state index contributed by atoms with van der Waals surface area (Å²) in [6.45, 7) is 6.48. The van der Waals surface area contributed by atoms with Gasteiger partial charge in [0.1, 0.15) is 0 Å². The van der Waals surface area contributed by atoms with Crippen LogP contribution in [0.25, 0.3) is 0 Å². The topological polar surface area (TPSA) is 20.2 Å². The normalized spacial score (nSPS) is 15.1. The zero-order valence-electron chi connectivity index (χ0n) is 10.7. The number of rotatable bonds is 6. The number of benzene rings is 1. The Kier molecular flexibility index (Phi) is 5.54. The molecule has 1 N–H and O–H groups in total. The van der Waals surface area contributed by atoms with Crippen molar-refractivity contribution in [2.45, 2.75) is 46.1 Å². The lowest BCUT2D eigenvalue weighted by Gasteiger charge is -2.22. The summed E-state index contributed by atoms with van der Waals surface area (Å²) in [5.41, 5.74) is 1.37. The summed E-state index contributed by atoms with van der Waals surface area (Å²) in [6.07, 6.45) is 2.91. The molecule has 1 nitrogen and oxygen atoms in total. The van der Waals surface area contributed by atoms with Crippen molar-refractivity contribution in [3.8, 4) is 0 Å². The van der Waals surface area contributed by atoms with Crippen LogP contribution in [0.15, 0.2) is 30.3 Å². The Morgan fingerprint density at radius 2 is 1.69 bits per heavy atom. The van der Waals surface area contributed by atoms with Gasteiger partial charge in [-0.3, -0.25) is 0 Å². The van der Waals surface area contributed by atoms with E-state index in [0.29, 0.717) is 11.8 Å². The summed E-state index contributed by atoms with van der Waals surface area (Å²) < 4.78 is 0. The Morgan fingerprint density at radius 3 is 2.25 bits per heavy atom. The molecule has 0 bridgehead atoms. The lowest BCUT2D eigenvalue weighted by Crippen LogP contribution is -2.22. The van der Waals surface area contributed by atoms with Gasteiger partial charge in [-0.05, 0) is 36.7 Å². The summed E-state index contributed by atoms with van der Waals surface area (Å²) in [5.74, 6) is 0.961. The highest BCUT2D eigenvalue weighted by Gasteiger charge is 2.16. The Balaban J connectivity index is 2.25. The summed E-state index contributed by atoms with van der Waals surface area (Å²) in [5, 5.41) is 9.97. The van der Waals surface area contributed by atoms with Crippen molar-refractivity contribution in [1.29, 1.82) is 0 Å². The molecule has 2 atom stereocenters. The number of aryl methyl sites for hydroxylation is 1. The van der Waals surface area contributed by atoms with Crippen molar-refractivity contribution in [2.24, 2.45) is 11.8 Å². The van der Waals surface area contributed by atoms with Crippen LogP contribution >= 0.6 is 0 Å². The second-order valence-corrected chi connectivity index (χ2v) is 5.05. The fourth-order valence-corrected chi connectivity index (χ4v) is 1.87. The summed E-state index contributed by atoms with van der Waals surface area (Å²) >= 11 is 0. The van der Waals surface area contributed by atoms with Crippen molar-refractivity contribution in [3.05, 3.63) is 35.9 Å². The average Bonchev–Trinajstić information content (AvgIpc) is 2.29. The summed E-state index contributed by atoms with van der Waals surface area (Å²) in [6, 6.07) is 10.5.